The molecular formula is C8H22ClN3O2S. The van der Waals surface area contributed by atoms with E-state index in [1.54, 1.807) is 7.05 Å². The lowest BCUT2D eigenvalue weighted by atomic mass is 10.3. The fraction of sp³-hybridized carbons (Fsp3) is 1.00. The van der Waals surface area contributed by atoms with E-state index in [9.17, 15) is 8.42 Å². The average molecular weight is 260 g/mol. The van der Waals surface area contributed by atoms with Crippen LogP contribution >= 0.6 is 12.4 Å². The second-order valence-corrected chi connectivity index (χ2v) is 5.32. The summed E-state index contributed by atoms with van der Waals surface area (Å²) < 4.78 is 26.9. The predicted molar refractivity (Wildman–Crippen MR) is 65.4 cm³/mol. The Morgan fingerprint density at radius 1 is 1.33 bits per heavy atom. The van der Waals surface area contributed by atoms with Gasteiger partial charge in [0.1, 0.15) is 0 Å². The fourth-order valence-electron chi connectivity index (χ4n) is 0.850. The standard InChI is InChI=1S/C8H21N3O2S.ClH/c1-8(2)11(3)14(12,13)10-7-5-4-6-9;/h8,10H,4-7,9H2,1-3H3;1H. The third-order valence-electron chi connectivity index (χ3n) is 2.02. The zero-order valence-electron chi connectivity index (χ0n) is 9.56. The van der Waals surface area contributed by atoms with E-state index in [1.165, 1.54) is 4.31 Å². The van der Waals surface area contributed by atoms with Crippen molar-refractivity contribution < 1.29 is 8.42 Å². The van der Waals surface area contributed by atoms with Crippen LogP contribution in [0, 0.1) is 0 Å². The van der Waals surface area contributed by atoms with E-state index in [4.69, 9.17) is 5.73 Å². The van der Waals surface area contributed by atoms with Crippen LogP contribution in [0.15, 0.2) is 0 Å². The van der Waals surface area contributed by atoms with Gasteiger partial charge in [-0.1, -0.05) is 0 Å². The van der Waals surface area contributed by atoms with Crippen LogP contribution in [0.25, 0.3) is 0 Å². The molecule has 0 saturated heterocycles. The van der Waals surface area contributed by atoms with Gasteiger partial charge < -0.3 is 5.73 Å². The lowest BCUT2D eigenvalue weighted by Crippen LogP contribution is -2.42. The van der Waals surface area contributed by atoms with E-state index in [-0.39, 0.29) is 18.4 Å². The summed E-state index contributed by atoms with van der Waals surface area (Å²) in [6.45, 7) is 4.72. The maximum atomic E-state index is 11.5. The van der Waals surface area contributed by atoms with E-state index in [0.29, 0.717) is 13.1 Å². The highest BCUT2D eigenvalue weighted by molar-refractivity contribution is 7.87. The van der Waals surface area contributed by atoms with Crippen LogP contribution in [0.3, 0.4) is 0 Å². The molecular weight excluding hydrogens is 238 g/mol. The topological polar surface area (TPSA) is 75.4 Å². The SMILES string of the molecule is CC(C)N(C)S(=O)(=O)NCCCCN.Cl. The zero-order valence-corrected chi connectivity index (χ0v) is 11.2. The summed E-state index contributed by atoms with van der Waals surface area (Å²) >= 11 is 0. The van der Waals surface area contributed by atoms with Crippen molar-refractivity contribution in [2.75, 3.05) is 20.1 Å². The summed E-state index contributed by atoms with van der Waals surface area (Å²) in [5, 5.41) is 0. The van der Waals surface area contributed by atoms with Crippen LogP contribution in [-0.4, -0.2) is 38.9 Å². The Morgan fingerprint density at radius 2 is 1.87 bits per heavy atom. The molecule has 0 aliphatic rings. The Balaban J connectivity index is 0. The van der Waals surface area contributed by atoms with Crippen LogP contribution < -0.4 is 10.5 Å². The molecule has 0 amide bonds. The zero-order chi connectivity index (χ0) is 11.2. The van der Waals surface area contributed by atoms with Gasteiger partial charge in [-0.2, -0.15) is 12.7 Å². The van der Waals surface area contributed by atoms with Gasteiger partial charge in [-0.25, -0.2) is 4.72 Å². The third kappa shape index (κ3) is 7.08. The second-order valence-electron chi connectivity index (χ2n) is 3.51. The summed E-state index contributed by atoms with van der Waals surface area (Å²) in [4.78, 5) is 0. The summed E-state index contributed by atoms with van der Waals surface area (Å²) in [6, 6.07) is -0.0259. The minimum atomic E-state index is -3.30. The van der Waals surface area contributed by atoms with E-state index in [2.05, 4.69) is 4.72 Å². The second kappa shape index (κ2) is 8.29. The average Bonchev–Trinajstić information content (AvgIpc) is 2.11. The third-order valence-corrected chi connectivity index (χ3v) is 3.77. The van der Waals surface area contributed by atoms with Crippen molar-refractivity contribution in [3.63, 3.8) is 0 Å². The largest absolute Gasteiger partial charge is 0.330 e. The van der Waals surface area contributed by atoms with Crippen molar-refractivity contribution in [2.24, 2.45) is 5.73 Å². The highest BCUT2D eigenvalue weighted by Gasteiger charge is 2.18. The molecule has 15 heavy (non-hydrogen) atoms. The molecule has 0 aromatic carbocycles. The van der Waals surface area contributed by atoms with Gasteiger partial charge in [-0.05, 0) is 33.2 Å². The Hall–Kier alpha value is 0.120. The molecule has 0 fully saturated rings. The number of nitrogens with zero attached hydrogens (tertiary/aromatic N) is 1. The van der Waals surface area contributed by atoms with E-state index in [0.717, 1.165) is 12.8 Å². The van der Waals surface area contributed by atoms with Gasteiger partial charge in [-0.15, -0.1) is 12.4 Å². The quantitative estimate of drug-likeness (QED) is 0.647. The van der Waals surface area contributed by atoms with Crippen molar-refractivity contribution in [2.45, 2.75) is 32.7 Å². The first kappa shape index (κ1) is 17.5. The Labute approximate surface area is 99.0 Å². The fourth-order valence-corrected chi connectivity index (χ4v) is 2.01. The number of rotatable bonds is 7. The van der Waals surface area contributed by atoms with Crippen molar-refractivity contribution in [1.82, 2.24) is 9.03 Å². The monoisotopic (exact) mass is 259 g/mol. The first-order valence-electron chi connectivity index (χ1n) is 4.84. The maximum Gasteiger partial charge on any atom is 0.279 e. The highest BCUT2D eigenvalue weighted by Crippen LogP contribution is 2.00. The highest BCUT2D eigenvalue weighted by atomic mass is 35.5. The first-order chi connectivity index (χ1) is 6.41. The van der Waals surface area contributed by atoms with E-state index < -0.39 is 10.2 Å². The van der Waals surface area contributed by atoms with E-state index in [1.807, 2.05) is 13.8 Å². The lowest BCUT2D eigenvalue weighted by Gasteiger charge is -2.21. The normalized spacial score (nSPS) is 11.9. The molecule has 7 heteroatoms. The summed E-state index contributed by atoms with van der Waals surface area (Å²) in [5.74, 6) is 0. The van der Waals surface area contributed by atoms with Gasteiger partial charge in [0.2, 0.25) is 0 Å². The van der Waals surface area contributed by atoms with Crippen LogP contribution in [0.4, 0.5) is 0 Å². The van der Waals surface area contributed by atoms with Gasteiger partial charge in [0.05, 0.1) is 0 Å². The van der Waals surface area contributed by atoms with Gasteiger partial charge in [0.15, 0.2) is 0 Å². The van der Waals surface area contributed by atoms with Crippen LogP contribution in [0.2, 0.25) is 0 Å². The van der Waals surface area contributed by atoms with Crippen molar-refractivity contribution in [3.8, 4) is 0 Å². The van der Waals surface area contributed by atoms with Crippen LogP contribution in [-0.2, 0) is 10.2 Å². The Morgan fingerprint density at radius 3 is 2.27 bits per heavy atom. The molecule has 0 saturated carbocycles. The predicted octanol–water partition coefficient (Wildman–Crippen LogP) is 0.322. The molecule has 0 heterocycles. The van der Waals surface area contributed by atoms with Crippen molar-refractivity contribution in [3.05, 3.63) is 0 Å². The summed E-state index contributed by atoms with van der Waals surface area (Å²) in [6.07, 6.45) is 1.62. The minimum absolute atomic E-state index is 0. The summed E-state index contributed by atoms with van der Waals surface area (Å²) in [7, 11) is -1.73. The molecule has 0 aromatic rings. The number of hydrogen-bond donors (Lipinski definition) is 2. The van der Waals surface area contributed by atoms with Gasteiger partial charge >= 0.3 is 0 Å². The Kier molecular flexibility index (Phi) is 9.68. The van der Waals surface area contributed by atoms with Gasteiger partial charge in [0.25, 0.3) is 10.2 Å². The molecule has 0 aliphatic carbocycles. The molecule has 0 atom stereocenters. The maximum absolute atomic E-state index is 11.5. The molecule has 0 unspecified atom stereocenters. The molecule has 5 nitrogen and oxygen atoms in total. The molecule has 0 bridgehead atoms. The minimum Gasteiger partial charge on any atom is -0.330 e. The van der Waals surface area contributed by atoms with Crippen molar-refractivity contribution >= 4 is 22.6 Å². The smallest absolute Gasteiger partial charge is 0.279 e. The number of hydrogen-bond acceptors (Lipinski definition) is 3. The molecule has 0 aromatic heterocycles. The van der Waals surface area contributed by atoms with Crippen molar-refractivity contribution in [1.29, 1.82) is 0 Å². The molecule has 0 spiro atoms. The first-order valence-corrected chi connectivity index (χ1v) is 6.28. The molecule has 94 valence electrons. The van der Waals surface area contributed by atoms with Crippen LogP contribution in [0.1, 0.15) is 26.7 Å². The molecule has 0 rings (SSSR count). The molecule has 0 radical (unpaired) electrons. The summed E-state index contributed by atoms with van der Waals surface area (Å²) in [5.41, 5.74) is 5.30. The Bertz CT molecular complexity index is 244. The van der Waals surface area contributed by atoms with Gasteiger partial charge in [-0.3, -0.25) is 0 Å². The van der Waals surface area contributed by atoms with Gasteiger partial charge in [0, 0.05) is 19.6 Å². The van der Waals surface area contributed by atoms with Crippen LogP contribution in [0.5, 0.6) is 0 Å². The number of unbranched alkanes of at least 4 members (excludes halogenated alkanes) is 1. The number of halogens is 1. The lowest BCUT2D eigenvalue weighted by molar-refractivity contribution is 0.402. The number of nitrogens with one attached hydrogen (secondary N) is 1. The number of nitrogens with two attached hydrogens (primary N) is 1. The molecule has 0 aliphatic heterocycles. The van der Waals surface area contributed by atoms with E-state index >= 15 is 0 Å². The molecule has 3 N–H and O–H groups in total.